The molecule has 1 aromatic carbocycles. The molecule has 1 atom stereocenters. The van der Waals surface area contributed by atoms with Crippen molar-refractivity contribution in [2.75, 3.05) is 5.75 Å². The molecule has 5 heteroatoms. The number of hydrogen-bond donors (Lipinski definition) is 3. The van der Waals surface area contributed by atoms with Crippen molar-refractivity contribution in [2.45, 2.75) is 19.5 Å². The Balaban J connectivity index is 2.45. The Bertz CT molecular complexity index is 381. The summed E-state index contributed by atoms with van der Waals surface area (Å²) in [6, 6.07) is 9.00. The molecule has 0 aromatic heterocycles. The summed E-state index contributed by atoms with van der Waals surface area (Å²) in [5.41, 5.74) is 1.02. The molecule has 0 radical (unpaired) electrons. The third-order valence-electron chi connectivity index (χ3n) is 2.19. The minimum Gasteiger partial charge on any atom is -0.350 e. The SMILES string of the molecule is CC(=O)NC(CS)C(=O)NCc1ccccc1. The first-order chi connectivity index (χ1) is 8.13. The van der Waals surface area contributed by atoms with Gasteiger partial charge in [-0.25, -0.2) is 0 Å². The van der Waals surface area contributed by atoms with E-state index in [1.807, 2.05) is 30.3 Å². The van der Waals surface area contributed by atoms with Crippen LogP contribution in [0.25, 0.3) is 0 Å². The minimum absolute atomic E-state index is 0.223. The van der Waals surface area contributed by atoms with Crippen LogP contribution in [0.2, 0.25) is 0 Å². The number of benzene rings is 1. The van der Waals surface area contributed by atoms with E-state index in [0.29, 0.717) is 6.54 Å². The highest BCUT2D eigenvalue weighted by molar-refractivity contribution is 7.80. The molecule has 0 aliphatic carbocycles. The first-order valence-corrected chi connectivity index (χ1v) is 5.96. The smallest absolute Gasteiger partial charge is 0.243 e. The Hall–Kier alpha value is -1.49. The summed E-state index contributed by atoms with van der Waals surface area (Å²) in [5.74, 6) is -0.182. The van der Waals surface area contributed by atoms with Gasteiger partial charge in [-0.1, -0.05) is 30.3 Å². The van der Waals surface area contributed by atoms with Crippen molar-refractivity contribution >= 4 is 24.4 Å². The summed E-state index contributed by atoms with van der Waals surface area (Å²) in [6.07, 6.45) is 0. The van der Waals surface area contributed by atoms with Crippen LogP contribution in [0.5, 0.6) is 0 Å². The van der Waals surface area contributed by atoms with Gasteiger partial charge in [0.05, 0.1) is 0 Å². The third kappa shape index (κ3) is 4.91. The molecule has 17 heavy (non-hydrogen) atoms. The molecule has 2 N–H and O–H groups in total. The quantitative estimate of drug-likeness (QED) is 0.677. The van der Waals surface area contributed by atoms with E-state index in [4.69, 9.17) is 0 Å². The van der Waals surface area contributed by atoms with Gasteiger partial charge in [0, 0.05) is 19.2 Å². The molecule has 0 aliphatic rings. The molecule has 0 aliphatic heterocycles. The fraction of sp³-hybridized carbons (Fsp3) is 0.333. The van der Waals surface area contributed by atoms with Crippen LogP contribution in [-0.4, -0.2) is 23.6 Å². The van der Waals surface area contributed by atoms with Crippen LogP contribution in [0.3, 0.4) is 0 Å². The fourth-order valence-electron chi connectivity index (χ4n) is 1.35. The molecule has 0 saturated heterocycles. The molecule has 0 heterocycles. The van der Waals surface area contributed by atoms with Gasteiger partial charge in [0.2, 0.25) is 11.8 Å². The summed E-state index contributed by atoms with van der Waals surface area (Å²) in [6.45, 7) is 1.82. The zero-order valence-electron chi connectivity index (χ0n) is 9.64. The lowest BCUT2D eigenvalue weighted by molar-refractivity contribution is -0.127. The van der Waals surface area contributed by atoms with Crippen molar-refractivity contribution in [1.82, 2.24) is 10.6 Å². The highest BCUT2D eigenvalue weighted by Crippen LogP contribution is 1.98. The van der Waals surface area contributed by atoms with Crippen LogP contribution in [0.4, 0.5) is 0 Å². The van der Waals surface area contributed by atoms with E-state index in [-0.39, 0.29) is 17.6 Å². The number of thiol groups is 1. The maximum Gasteiger partial charge on any atom is 0.243 e. The summed E-state index contributed by atoms with van der Waals surface area (Å²) in [4.78, 5) is 22.6. The average molecular weight is 252 g/mol. The van der Waals surface area contributed by atoms with Gasteiger partial charge in [0.15, 0.2) is 0 Å². The molecule has 1 rings (SSSR count). The summed E-state index contributed by atoms with van der Waals surface area (Å²) >= 11 is 4.03. The predicted molar refractivity (Wildman–Crippen MR) is 69.7 cm³/mol. The standard InChI is InChI=1S/C12H16N2O2S/c1-9(15)14-11(8-17)12(16)13-7-10-5-3-2-4-6-10/h2-6,11,17H,7-8H2,1H3,(H,13,16)(H,14,15). The molecule has 2 amide bonds. The molecule has 0 bridgehead atoms. The fourth-order valence-corrected chi connectivity index (χ4v) is 1.60. The minimum atomic E-state index is -0.584. The van der Waals surface area contributed by atoms with E-state index in [2.05, 4.69) is 23.3 Å². The number of carbonyl (C=O) groups is 2. The van der Waals surface area contributed by atoms with E-state index in [1.54, 1.807) is 0 Å². The van der Waals surface area contributed by atoms with Gasteiger partial charge in [-0.3, -0.25) is 9.59 Å². The van der Waals surface area contributed by atoms with E-state index >= 15 is 0 Å². The Kier molecular flexibility index (Phi) is 5.56. The number of nitrogens with one attached hydrogen (secondary N) is 2. The van der Waals surface area contributed by atoms with Crippen LogP contribution in [0.1, 0.15) is 12.5 Å². The Morgan fingerprint density at radius 3 is 2.47 bits per heavy atom. The van der Waals surface area contributed by atoms with Crippen molar-refractivity contribution in [1.29, 1.82) is 0 Å². The summed E-state index contributed by atoms with van der Waals surface area (Å²) < 4.78 is 0. The second-order valence-corrected chi connectivity index (χ2v) is 4.00. The average Bonchev–Trinajstić information content (AvgIpc) is 2.34. The van der Waals surface area contributed by atoms with E-state index in [1.165, 1.54) is 6.92 Å². The topological polar surface area (TPSA) is 58.2 Å². The van der Waals surface area contributed by atoms with Crippen molar-refractivity contribution in [3.63, 3.8) is 0 Å². The van der Waals surface area contributed by atoms with Crippen LogP contribution in [0.15, 0.2) is 30.3 Å². The molecule has 0 saturated carbocycles. The van der Waals surface area contributed by atoms with Crippen molar-refractivity contribution in [3.05, 3.63) is 35.9 Å². The molecule has 0 spiro atoms. The number of amides is 2. The van der Waals surface area contributed by atoms with Gasteiger partial charge in [0.1, 0.15) is 6.04 Å². The van der Waals surface area contributed by atoms with Crippen LogP contribution < -0.4 is 10.6 Å². The first kappa shape index (κ1) is 13.6. The zero-order chi connectivity index (χ0) is 12.7. The normalized spacial score (nSPS) is 11.6. The van der Waals surface area contributed by atoms with E-state index in [0.717, 1.165) is 5.56 Å². The number of hydrogen-bond acceptors (Lipinski definition) is 3. The molecule has 1 unspecified atom stereocenters. The van der Waals surface area contributed by atoms with Gasteiger partial charge < -0.3 is 10.6 Å². The molecular formula is C12H16N2O2S. The van der Waals surface area contributed by atoms with E-state index < -0.39 is 6.04 Å². The summed E-state index contributed by atoms with van der Waals surface area (Å²) in [7, 11) is 0. The van der Waals surface area contributed by atoms with Crippen LogP contribution in [-0.2, 0) is 16.1 Å². The zero-order valence-corrected chi connectivity index (χ0v) is 10.5. The molecular weight excluding hydrogens is 236 g/mol. The second-order valence-electron chi connectivity index (χ2n) is 3.64. The van der Waals surface area contributed by atoms with Gasteiger partial charge >= 0.3 is 0 Å². The van der Waals surface area contributed by atoms with Gasteiger partial charge in [-0.05, 0) is 5.56 Å². The molecule has 4 nitrogen and oxygen atoms in total. The van der Waals surface area contributed by atoms with Crippen molar-refractivity contribution < 1.29 is 9.59 Å². The van der Waals surface area contributed by atoms with E-state index in [9.17, 15) is 9.59 Å². The first-order valence-electron chi connectivity index (χ1n) is 5.33. The maximum absolute atomic E-state index is 11.7. The van der Waals surface area contributed by atoms with Gasteiger partial charge in [0.25, 0.3) is 0 Å². The Labute approximate surface area is 106 Å². The predicted octanol–water partition coefficient (Wildman–Crippen LogP) is 0.737. The summed E-state index contributed by atoms with van der Waals surface area (Å²) in [5, 5.41) is 5.29. The van der Waals surface area contributed by atoms with Gasteiger partial charge in [-0.15, -0.1) is 0 Å². The van der Waals surface area contributed by atoms with Crippen molar-refractivity contribution in [2.24, 2.45) is 0 Å². The maximum atomic E-state index is 11.7. The number of rotatable bonds is 5. The molecule has 1 aromatic rings. The van der Waals surface area contributed by atoms with Gasteiger partial charge in [-0.2, -0.15) is 12.6 Å². The lowest BCUT2D eigenvalue weighted by Crippen LogP contribution is -2.47. The lowest BCUT2D eigenvalue weighted by atomic mass is 10.2. The number of carbonyl (C=O) groups excluding carboxylic acids is 2. The molecule has 0 fully saturated rings. The largest absolute Gasteiger partial charge is 0.350 e. The molecule has 92 valence electrons. The van der Waals surface area contributed by atoms with Crippen LogP contribution in [0, 0.1) is 0 Å². The van der Waals surface area contributed by atoms with Crippen LogP contribution >= 0.6 is 12.6 Å². The Morgan fingerprint density at radius 1 is 1.29 bits per heavy atom. The lowest BCUT2D eigenvalue weighted by Gasteiger charge is -2.15. The second kappa shape index (κ2) is 6.96. The highest BCUT2D eigenvalue weighted by atomic mass is 32.1. The highest BCUT2D eigenvalue weighted by Gasteiger charge is 2.16. The Morgan fingerprint density at radius 2 is 1.94 bits per heavy atom. The van der Waals surface area contributed by atoms with Crippen molar-refractivity contribution in [3.8, 4) is 0 Å². The third-order valence-corrected chi connectivity index (χ3v) is 2.55. The monoisotopic (exact) mass is 252 g/mol.